The van der Waals surface area contributed by atoms with E-state index in [-0.39, 0.29) is 50.5 Å². The zero-order chi connectivity index (χ0) is 40.9. The second-order valence-electron chi connectivity index (χ2n) is 15.2. The summed E-state index contributed by atoms with van der Waals surface area (Å²) in [5.74, 6) is -4.43. The van der Waals surface area contributed by atoms with Crippen LogP contribution in [0.1, 0.15) is 71.9 Å². The van der Waals surface area contributed by atoms with Crippen LogP contribution < -0.4 is 37.2 Å². The summed E-state index contributed by atoms with van der Waals surface area (Å²) in [5.41, 5.74) is 2.39. The third-order valence-electron chi connectivity index (χ3n) is 9.64. The van der Waals surface area contributed by atoms with E-state index < -0.39 is 77.6 Å². The number of aromatic amines is 1. The van der Waals surface area contributed by atoms with Gasteiger partial charge < -0.3 is 42.2 Å². The number of hydrogen-bond donors (Lipinski definition) is 8. The van der Waals surface area contributed by atoms with Gasteiger partial charge in [-0.1, -0.05) is 76.2 Å². The lowest BCUT2D eigenvalue weighted by Gasteiger charge is -2.28. The molecule has 1 aliphatic heterocycles. The number of aromatic nitrogens is 1. The van der Waals surface area contributed by atoms with E-state index in [2.05, 4.69) is 42.2 Å². The Balaban J connectivity index is 1.65. The van der Waals surface area contributed by atoms with Gasteiger partial charge in [-0.25, -0.2) is 0 Å². The van der Waals surface area contributed by atoms with Crippen molar-refractivity contribution < 1.29 is 33.6 Å². The standard InChI is InChI=1S/C41H56N8O7/c1-23(2)19-31-40(55)47-32(20-27-13-8-7-9-14-27)39(54)45-26(6)36(51)46-33(21-28-22-43-30-16-11-10-15-29(28)30)38(53)42-18-12-17-34(50)44-25(5)37(52)49-35(24(3)4)41(56)48-31/h7-11,13-16,22-26,31-33,35,43H,12,17-21H2,1-6H3,(H,42,53)(H,44,50)(H,45,54)(H,46,51)(H,47,55)(H,48,56)(H,49,52)/t25-,26-,31+,32-,33-,35-/m1/s1. The summed E-state index contributed by atoms with van der Waals surface area (Å²) in [6, 6.07) is 10.2. The predicted molar refractivity (Wildman–Crippen MR) is 212 cm³/mol. The Bertz CT molecular complexity index is 1860. The Morgan fingerprint density at radius 1 is 0.607 bits per heavy atom. The van der Waals surface area contributed by atoms with Crippen LogP contribution in [0.3, 0.4) is 0 Å². The summed E-state index contributed by atoms with van der Waals surface area (Å²) < 4.78 is 0. The van der Waals surface area contributed by atoms with Gasteiger partial charge in [-0.3, -0.25) is 33.6 Å². The van der Waals surface area contributed by atoms with Gasteiger partial charge in [-0.2, -0.15) is 0 Å². The summed E-state index contributed by atoms with van der Waals surface area (Å²) in [4.78, 5) is 98.0. The largest absolute Gasteiger partial charge is 0.361 e. The first-order valence-corrected chi connectivity index (χ1v) is 19.3. The maximum absolute atomic E-state index is 14.0. The molecule has 6 atom stereocenters. The predicted octanol–water partition coefficient (Wildman–Crippen LogP) is 1.51. The first-order chi connectivity index (χ1) is 26.6. The molecule has 1 fully saturated rings. The topological polar surface area (TPSA) is 219 Å². The fraction of sp³-hybridized carbons (Fsp3) is 0.488. The number of benzene rings is 2. The highest BCUT2D eigenvalue weighted by molar-refractivity contribution is 5.97. The maximum atomic E-state index is 14.0. The van der Waals surface area contributed by atoms with Crippen molar-refractivity contribution in [3.63, 3.8) is 0 Å². The monoisotopic (exact) mass is 772 g/mol. The molecule has 0 saturated carbocycles. The van der Waals surface area contributed by atoms with Gasteiger partial charge in [0.05, 0.1) is 0 Å². The minimum absolute atomic E-state index is 0.00925. The third-order valence-corrected chi connectivity index (χ3v) is 9.64. The van der Waals surface area contributed by atoms with E-state index in [9.17, 15) is 33.6 Å². The van der Waals surface area contributed by atoms with Crippen LogP contribution in [0.25, 0.3) is 10.9 Å². The second kappa shape index (κ2) is 20.3. The molecule has 1 aromatic heterocycles. The SMILES string of the molecule is CC(C)C[C@@H]1NC(=O)[C@@H](C(C)C)NC(=O)[C@@H](C)NC(=O)CCCNC(=O)[C@@H](Cc2c[nH]c3ccccc23)NC(=O)[C@@H](C)NC(=O)[C@@H](Cc2ccccc2)NC1=O. The normalized spacial score (nSPS) is 24.4. The van der Waals surface area contributed by atoms with Gasteiger partial charge in [0.1, 0.15) is 36.3 Å². The minimum Gasteiger partial charge on any atom is -0.361 e. The van der Waals surface area contributed by atoms with Crippen LogP contribution in [-0.4, -0.2) is 89.1 Å². The van der Waals surface area contributed by atoms with Crippen molar-refractivity contribution in [1.29, 1.82) is 0 Å². The molecule has 3 aromatic rings. The number of nitrogens with one attached hydrogen (secondary N) is 8. The summed E-state index contributed by atoms with van der Waals surface area (Å²) >= 11 is 0. The fourth-order valence-corrected chi connectivity index (χ4v) is 6.48. The maximum Gasteiger partial charge on any atom is 0.243 e. The van der Waals surface area contributed by atoms with Gasteiger partial charge in [0.25, 0.3) is 0 Å². The molecule has 0 unspecified atom stereocenters. The summed E-state index contributed by atoms with van der Waals surface area (Å²) in [6.45, 7) is 10.3. The molecule has 2 aromatic carbocycles. The lowest BCUT2D eigenvalue weighted by atomic mass is 9.98. The molecule has 7 amide bonds. The Kier molecular flexibility index (Phi) is 15.6. The van der Waals surface area contributed by atoms with Crippen molar-refractivity contribution in [3.05, 3.63) is 71.9 Å². The van der Waals surface area contributed by atoms with Crippen LogP contribution in [0.4, 0.5) is 0 Å². The van der Waals surface area contributed by atoms with E-state index in [0.29, 0.717) is 0 Å². The Labute approximate surface area is 327 Å². The number of fused-ring (bicyclic) bond motifs is 1. The van der Waals surface area contributed by atoms with Crippen LogP contribution in [0.15, 0.2) is 60.8 Å². The van der Waals surface area contributed by atoms with Gasteiger partial charge in [-0.05, 0) is 55.7 Å². The van der Waals surface area contributed by atoms with Crippen LogP contribution in [0.2, 0.25) is 0 Å². The highest BCUT2D eigenvalue weighted by Gasteiger charge is 2.34. The Morgan fingerprint density at radius 2 is 1.20 bits per heavy atom. The van der Waals surface area contributed by atoms with Crippen LogP contribution in [-0.2, 0) is 46.4 Å². The molecule has 56 heavy (non-hydrogen) atoms. The average molecular weight is 773 g/mol. The van der Waals surface area contributed by atoms with E-state index in [1.165, 1.54) is 13.8 Å². The molecule has 2 heterocycles. The Morgan fingerprint density at radius 3 is 1.89 bits per heavy atom. The number of para-hydroxylation sites is 1. The average Bonchev–Trinajstić information content (AvgIpc) is 3.56. The van der Waals surface area contributed by atoms with Gasteiger partial charge in [0.2, 0.25) is 41.4 Å². The molecule has 15 heteroatoms. The van der Waals surface area contributed by atoms with Crippen molar-refractivity contribution in [3.8, 4) is 0 Å². The summed E-state index contributed by atoms with van der Waals surface area (Å²) in [7, 11) is 0. The van der Waals surface area contributed by atoms with Gasteiger partial charge in [-0.15, -0.1) is 0 Å². The van der Waals surface area contributed by atoms with Crippen molar-refractivity contribution in [2.45, 2.75) is 110 Å². The van der Waals surface area contributed by atoms with Crippen molar-refractivity contribution in [2.75, 3.05) is 6.54 Å². The number of H-pyrrole nitrogens is 1. The van der Waals surface area contributed by atoms with Crippen molar-refractivity contribution >= 4 is 52.3 Å². The molecule has 0 bridgehead atoms. The first kappa shape index (κ1) is 43.0. The lowest BCUT2D eigenvalue weighted by molar-refractivity contribution is -0.135. The molecule has 0 radical (unpaired) electrons. The second-order valence-corrected chi connectivity index (χ2v) is 15.2. The summed E-state index contributed by atoms with van der Waals surface area (Å²) in [5, 5.41) is 20.1. The van der Waals surface area contributed by atoms with E-state index in [0.717, 1.165) is 22.0 Å². The molecular formula is C41H56N8O7. The number of amides is 7. The molecule has 302 valence electrons. The molecule has 4 rings (SSSR count). The van der Waals surface area contributed by atoms with Crippen LogP contribution >= 0.6 is 0 Å². The smallest absolute Gasteiger partial charge is 0.243 e. The first-order valence-electron chi connectivity index (χ1n) is 19.3. The third kappa shape index (κ3) is 12.4. The van der Waals surface area contributed by atoms with E-state index in [1.807, 2.05) is 44.2 Å². The van der Waals surface area contributed by atoms with E-state index in [4.69, 9.17) is 0 Å². The van der Waals surface area contributed by atoms with Crippen LogP contribution in [0.5, 0.6) is 0 Å². The minimum atomic E-state index is -1.15. The molecule has 1 saturated heterocycles. The van der Waals surface area contributed by atoms with Crippen molar-refractivity contribution in [2.24, 2.45) is 11.8 Å². The molecular weight excluding hydrogens is 716 g/mol. The van der Waals surface area contributed by atoms with E-state index >= 15 is 0 Å². The number of carbonyl (C=O) groups is 7. The van der Waals surface area contributed by atoms with Crippen molar-refractivity contribution in [1.82, 2.24) is 42.2 Å². The lowest BCUT2D eigenvalue weighted by Crippen LogP contribution is -2.60. The van der Waals surface area contributed by atoms with E-state index in [1.54, 1.807) is 44.3 Å². The summed E-state index contributed by atoms with van der Waals surface area (Å²) in [6.07, 6.45) is 2.43. The zero-order valence-electron chi connectivity index (χ0n) is 33.0. The van der Waals surface area contributed by atoms with Crippen LogP contribution in [0, 0.1) is 11.8 Å². The molecule has 0 spiro atoms. The number of carbonyl (C=O) groups excluding carboxylic acids is 7. The molecule has 8 N–H and O–H groups in total. The van der Waals surface area contributed by atoms with Gasteiger partial charge >= 0.3 is 0 Å². The highest BCUT2D eigenvalue weighted by Crippen LogP contribution is 2.19. The molecule has 1 aliphatic rings. The zero-order valence-corrected chi connectivity index (χ0v) is 33.0. The van der Waals surface area contributed by atoms with Gasteiger partial charge in [0, 0.05) is 42.9 Å². The molecule has 15 nitrogen and oxygen atoms in total. The Hall–Kier alpha value is -5.73. The quantitative estimate of drug-likeness (QED) is 0.177. The number of rotatable bonds is 7. The fourth-order valence-electron chi connectivity index (χ4n) is 6.48. The number of hydrogen-bond acceptors (Lipinski definition) is 7. The highest BCUT2D eigenvalue weighted by atomic mass is 16.2. The van der Waals surface area contributed by atoms with Gasteiger partial charge in [0.15, 0.2) is 0 Å². The molecule has 0 aliphatic carbocycles.